The lowest BCUT2D eigenvalue weighted by atomic mass is 9.71. The number of fused-ring (bicyclic) bond motifs is 1. The molecule has 0 aromatic heterocycles. The van der Waals surface area contributed by atoms with Crippen molar-refractivity contribution < 1.29 is 9.90 Å². The molecule has 108 valence electrons. The summed E-state index contributed by atoms with van der Waals surface area (Å²) in [5.41, 5.74) is 1.30. The molecule has 1 heterocycles. The molecule has 4 unspecified atom stereocenters. The normalized spacial score (nSPS) is 33.4. The number of piperidine rings is 1. The van der Waals surface area contributed by atoms with Crippen LogP contribution in [0.5, 0.6) is 5.75 Å². The maximum absolute atomic E-state index is 11.7. The molecule has 4 atom stereocenters. The zero-order valence-corrected chi connectivity index (χ0v) is 12.0. The van der Waals surface area contributed by atoms with Gasteiger partial charge < -0.3 is 10.4 Å². The zero-order valence-electron chi connectivity index (χ0n) is 12.0. The molecule has 1 saturated carbocycles. The molecule has 2 fully saturated rings. The van der Waals surface area contributed by atoms with Crippen molar-refractivity contribution in [2.75, 3.05) is 0 Å². The highest BCUT2D eigenvalue weighted by atomic mass is 16.3. The van der Waals surface area contributed by atoms with Crippen molar-refractivity contribution in [1.29, 1.82) is 0 Å². The Morgan fingerprint density at radius 2 is 1.95 bits per heavy atom. The molecule has 1 aliphatic carbocycles. The van der Waals surface area contributed by atoms with Gasteiger partial charge in [-0.2, -0.15) is 0 Å². The predicted molar refractivity (Wildman–Crippen MR) is 78.4 cm³/mol. The third kappa shape index (κ3) is 2.82. The number of carbonyl (C=O) groups is 1. The maximum atomic E-state index is 11.7. The highest BCUT2D eigenvalue weighted by Crippen LogP contribution is 2.37. The number of phenols is 1. The Morgan fingerprint density at radius 1 is 1.20 bits per heavy atom. The number of nitrogens with one attached hydrogen (secondary N) is 1. The molecule has 1 aliphatic heterocycles. The molecular weight excluding hydrogens is 250 g/mol. The van der Waals surface area contributed by atoms with Gasteiger partial charge in [-0.1, -0.05) is 19.1 Å². The van der Waals surface area contributed by atoms with Crippen LogP contribution in [0.15, 0.2) is 24.3 Å². The molecule has 0 spiro atoms. The van der Waals surface area contributed by atoms with Gasteiger partial charge in [0.15, 0.2) is 0 Å². The van der Waals surface area contributed by atoms with Crippen molar-refractivity contribution in [2.24, 2.45) is 17.8 Å². The smallest absolute Gasteiger partial charge is 0.223 e. The maximum Gasteiger partial charge on any atom is 0.223 e. The highest BCUT2D eigenvalue weighted by molar-refractivity contribution is 5.79. The summed E-state index contributed by atoms with van der Waals surface area (Å²) in [6, 6.07) is 7.99. The highest BCUT2D eigenvalue weighted by Gasteiger charge is 2.37. The van der Waals surface area contributed by atoms with E-state index in [0.717, 1.165) is 19.3 Å². The van der Waals surface area contributed by atoms with Gasteiger partial charge in [-0.15, -0.1) is 0 Å². The van der Waals surface area contributed by atoms with Crippen LogP contribution in [0.1, 0.15) is 38.2 Å². The second-order valence-electron chi connectivity index (χ2n) is 6.56. The molecule has 20 heavy (non-hydrogen) atoms. The van der Waals surface area contributed by atoms with Crippen molar-refractivity contribution in [3.8, 4) is 5.75 Å². The predicted octanol–water partition coefficient (Wildman–Crippen LogP) is 2.88. The van der Waals surface area contributed by atoms with Gasteiger partial charge in [-0.05, 0) is 61.6 Å². The van der Waals surface area contributed by atoms with Crippen LogP contribution in [0, 0.1) is 17.8 Å². The third-order valence-corrected chi connectivity index (χ3v) is 4.98. The van der Waals surface area contributed by atoms with Crippen LogP contribution >= 0.6 is 0 Å². The van der Waals surface area contributed by atoms with Gasteiger partial charge in [-0.25, -0.2) is 0 Å². The average molecular weight is 273 g/mol. The van der Waals surface area contributed by atoms with Gasteiger partial charge in [0, 0.05) is 12.0 Å². The van der Waals surface area contributed by atoms with Gasteiger partial charge in [0.2, 0.25) is 5.91 Å². The monoisotopic (exact) mass is 273 g/mol. The largest absolute Gasteiger partial charge is 0.508 e. The van der Waals surface area contributed by atoms with Crippen LogP contribution in [0.3, 0.4) is 0 Å². The first-order valence-electron chi connectivity index (χ1n) is 7.70. The number of amides is 1. The fraction of sp³-hybridized carbons (Fsp3) is 0.588. The lowest BCUT2D eigenvalue weighted by Gasteiger charge is -2.41. The third-order valence-electron chi connectivity index (χ3n) is 4.98. The summed E-state index contributed by atoms with van der Waals surface area (Å²) in [6.45, 7) is 2.04. The lowest BCUT2D eigenvalue weighted by Crippen LogP contribution is -2.51. The SMILES string of the molecule is CC1CC2CC(Cc3ccc(O)cc3)CCC2NC1=O. The Morgan fingerprint density at radius 3 is 2.70 bits per heavy atom. The molecule has 2 aliphatic rings. The van der Waals surface area contributed by atoms with Crippen molar-refractivity contribution in [1.82, 2.24) is 5.32 Å². The second-order valence-corrected chi connectivity index (χ2v) is 6.56. The van der Waals surface area contributed by atoms with Gasteiger partial charge in [0.25, 0.3) is 0 Å². The van der Waals surface area contributed by atoms with Crippen molar-refractivity contribution in [3.05, 3.63) is 29.8 Å². The second kappa shape index (κ2) is 5.47. The van der Waals surface area contributed by atoms with E-state index in [9.17, 15) is 9.90 Å². The minimum Gasteiger partial charge on any atom is -0.508 e. The molecule has 1 aromatic rings. The summed E-state index contributed by atoms with van der Waals surface area (Å²) in [5.74, 6) is 2.11. The van der Waals surface area contributed by atoms with E-state index in [-0.39, 0.29) is 11.8 Å². The van der Waals surface area contributed by atoms with Crippen LogP contribution in [-0.4, -0.2) is 17.1 Å². The average Bonchev–Trinajstić information content (AvgIpc) is 2.43. The fourth-order valence-corrected chi connectivity index (χ4v) is 3.85. The summed E-state index contributed by atoms with van der Waals surface area (Å²) < 4.78 is 0. The van der Waals surface area contributed by atoms with Gasteiger partial charge in [-0.3, -0.25) is 4.79 Å². The summed E-state index contributed by atoms with van der Waals surface area (Å²) in [7, 11) is 0. The number of carbonyl (C=O) groups excluding carboxylic acids is 1. The summed E-state index contributed by atoms with van der Waals surface area (Å²) in [5, 5.41) is 12.5. The number of phenolic OH excluding ortho intramolecular Hbond substituents is 1. The zero-order chi connectivity index (χ0) is 14.1. The van der Waals surface area contributed by atoms with E-state index >= 15 is 0 Å². The van der Waals surface area contributed by atoms with E-state index < -0.39 is 0 Å². The summed E-state index contributed by atoms with van der Waals surface area (Å²) >= 11 is 0. The Bertz CT molecular complexity index is 482. The molecular formula is C17H23NO2. The molecule has 1 saturated heterocycles. The molecule has 0 bridgehead atoms. The van der Waals surface area contributed by atoms with Gasteiger partial charge >= 0.3 is 0 Å². The van der Waals surface area contributed by atoms with E-state index in [1.807, 2.05) is 19.1 Å². The van der Waals surface area contributed by atoms with Crippen molar-refractivity contribution in [2.45, 2.75) is 45.1 Å². The molecule has 3 nitrogen and oxygen atoms in total. The fourth-order valence-electron chi connectivity index (χ4n) is 3.85. The quantitative estimate of drug-likeness (QED) is 0.870. The van der Waals surface area contributed by atoms with E-state index in [2.05, 4.69) is 5.32 Å². The summed E-state index contributed by atoms with van der Waals surface area (Å²) in [4.78, 5) is 11.7. The van der Waals surface area contributed by atoms with E-state index in [0.29, 0.717) is 23.6 Å². The minimum absolute atomic E-state index is 0.170. The minimum atomic E-state index is 0.170. The Balaban J connectivity index is 1.61. The van der Waals surface area contributed by atoms with E-state index in [4.69, 9.17) is 0 Å². The number of benzene rings is 1. The Labute approximate surface area is 120 Å². The van der Waals surface area contributed by atoms with Gasteiger partial charge in [0.05, 0.1) is 0 Å². The number of hydrogen-bond donors (Lipinski definition) is 2. The first-order chi connectivity index (χ1) is 9.61. The molecule has 3 heteroatoms. The standard InChI is InChI=1S/C17H23NO2/c1-11-8-14-10-13(4-7-16(14)18-17(11)20)9-12-2-5-15(19)6-3-12/h2-3,5-6,11,13-14,16,19H,4,7-10H2,1H3,(H,18,20). The van der Waals surface area contributed by atoms with Crippen LogP contribution in [-0.2, 0) is 11.2 Å². The number of rotatable bonds is 2. The first-order valence-corrected chi connectivity index (χ1v) is 7.70. The number of aromatic hydroxyl groups is 1. The Kier molecular flexibility index (Phi) is 3.68. The molecule has 1 amide bonds. The topological polar surface area (TPSA) is 49.3 Å². The van der Waals surface area contributed by atoms with Crippen LogP contribution in [0.2, 0.25) is 0 Å². The molecule has 2 N–H and O–H groups in total. The van der Waals surface area contributed by atoms with Crippen LogP contribution in [0.4, 0.5) is 0 Å². The number of hydrogen-bond acceptors (Lipinski definition) is 2. The molecule has 1 aromatic carbocycles. The van der Waals surface area contributed by atoms with Crippen molar-refractivity contribution >= 4 is 5.91 Å². The Hall–Kier alpha value is -1.51. The van der Waals surface area contributed by atoms with Crippen LogP contribution < -0.4 is 5.32 Å². The first kappa shape index (κ1) is 13.5. The summed E-state index contributed by atoms with van der Waals surface area (Å²) in [6.07, 6.45) is 5.66. The van der Waals surface area contributed by atoms with E-state index in [1.54, 1.807) is 12.1 Å². The van der Waals surface area contributed by atoms with Crippen molar-refractivity contribution in [3.63, 3.8) is 0 Å². The van der Waals surface area contributed by atoms with E-state index in [1.165, 1.54) is 18.4 Å². The van der Waals surface area contributed by atoms with Crippen LogP contribution in [0.25, 0.3) is 0 Å². The lowest BCUT2D eigenvalue weighted by molar-refractivity contribution is -0.129. The molecule has 0 radical (unpaired) electrons. The van der Waals surface area contributed by atoms with Gasteiger partial charge in [0.1, 0.15) is 5.75 Å². The molecule has 3 rings (SSSR count).